The van der Waals surface area contributed by atoms with Crippen LogP contribution in [0.3, 0.4) is 0 Å². The molecule has 0 amide bonds. The van der Waals surface area contributed by atoms with Crippen LogP contribution in [0.15, 0.2) is 24.3 Å². The molecule has 0 saturated carbocycles. The fraction of sp³-hybridized carbons (Fsp3) is 0.400. The first-order valence-corrected chi connectivity index (χ1v) is 6.46. The highest BCUT2D eigenvalue weighted by Gasteiger charge is 2.13. The fourth-order valence-corrected chi connectivity index (χ4v) is 2.21. The Morgan fingerprint density at radius 1 is 1.32 bits per heavy atom. The Morgan fingerprint density at radius 2 is 2.05 bits per heavy atom. The van der Waals surface area contributed by atoms with Crippen molar-refractivity contribution < 1.29 is 9.50 Å². The molecular weight excluding hydrogens is 243 g/mol. The van der Waals surface area contributed by atoms with Crippen molar-refractivity contribution in [2.45, 2.75) is 32.8 Å². The van der Waals surface area contributed by atoms with Gasteiger partial charge in [0.1, 0.15) is 5.82 Å². The van der Waals surface area contributed by atoms with E-state index in [1.165, 1.54) is 12.1 Å². The number of rotatable bonds is 4. The van der Waals surface area contributed by atoms with Crippen LogP contribution in [-0.4, -0.2) is 14.9 Å². The van der Waals surface area contributed by atoms with Gasteiger partial charge in [-0.1, -0.05) is 13.0 Å². The normalized spacial score (nSPS) is 12.7. The Morgan fingerprint density at radius 3 is 2.63 bits per heavy atom. The molecule has 0 aliphatic heterocycles. The van der Waals surface area contributed by atoms with Gasteiger partial charge in [-0.15, -0.1) is 0 Å². The van der Waals surface area contributed by atoms with Gasteiger partial charge in [-0.2, -0.15) is 5.10 Å². The number of aliphatic hydroxyl groups excluding tert-OH is 1. The van der Waals surface area contributed by atoms with Crippen LogP contribution in [0.25, 0.3) is 0 Å². The summed E-state index contributed by atoms with van der Waals surface area (Å²) >= 11 is 0. The zero-order valence-corrected chi connectivity index (χ0v) is 11.5. The average Bonchev–Trinajstić information content (AvgIpc) is 2.69. The highest BCUT2D eigenvalue weighted by atomic mass is 19.1. The molecule has 0 bridgehead atoms. The van der Waals surface area contributed by atoms with Crippen molar-refractivity contribution >= 4 is 0 Å². The Balaban J connectivity index is 2.20. The number of hydrogen-bond donors (Lipinski definition) is 1. The first-order valence-electron chi connectivity index (χ1n) is 6.46. The summed E-state index contributed by atoms with van der Waals surface area (Å²) < 4.78 is 15.1. The van der Waals surface area contributed by atoms with E-state index in [9.17, 15) is 9.50 Å². The molecule has 0 saturated heterocycles. The molecule has 1 atom stereocenters. The van der Waals surface area contributed by atoms with Crippen molar-refractivity contribution in [3.63, 3.8) is 0 Å². The summed E-state index contributed by atoms with van der Waals surface area (Å²) in [6, 6.07) is 6.63. The number of halogens is 1. The summed E-state index contributed by atoms with van der Waals surface area (Å²) in [5, 5.41) is 14.6. The lowest BCUT2D eigenvalue weighted by atomic mass is 10.0. The SMILES string of the molecule is CCc1cc(CC(O)c2cc(C)cc(F)c2)n(C)n1. The maximum Gasteiger partial charge on any atom is 0.123 e. The molecule has 1 unspecified atom stereocenters. The van der Waals surface area contributed by atoms with Gasteiger partial charge in [0.15, 0.2) is 0 Å². The lowest BCUT2D eigenvalue weighted by Crippen LogP contribution is -2.07. The summed E-state index contributed by atoms with van der Waals surface area (Å²) in [4.78, 5) is 0. The van der Waals surface area contributed by atoms with E-state index in [4.69, 9.17) is 0 Å². The van der Waals surface area contributed by atoms with Crippen LogP contribution in [0, 0.1) is 12.7 Å². The van der Waals surface area contributed by atoms with Crippen molar-refractivity contribution in [2.24, 2.45) is 7.05 Å². The van der Waals surface area contributed by atoms with Gasteiger partial charge in [0.05, 0.1) is 11.8 Å². The molecule has 1 heterocycles. The Hall–Kier alpha value is -1.68. The van der Waals surface area contributed by atoms with Crippen molar-refractivity contribution in [3.05, 3.63) is 52.6 Å². The van der Waals surface area contributed by atoms with E-state index in [1.807, 2.05) is 33.0 Å². The van der Waals surface area contributed by atoms with Gasteiger partial charge in [0, 0.05) is 19.2 Å². The van der Waals surface area contributed by atoms with Gasteiger partial charge in [-0.05, 0) is 42.7 Å². The highest BCUT2D eigenvalue weighted by molar-refractivity contribution is 5.26. The third-order valence-electron chi connectivity index (χ3n) is 3.24. The minimum Gasteiger partial charge on any atom is -0.388 e. The minimum atomic E-state index is -0.713. The molecule has 0 aliphatic rings. The van der Waals surface area contributed by atoms with Crippen LogP contribution in [0.5, 0.6) is 0 Å². The Kier molecular flexibility index (Phi) is 4.00. The molecule has 0 fully saturated rings. The zero-order chi connectivity index (χ0) is 14.0. The summed E-state index contributed by atoms with van der Waals surface area (Å²) in [5.41, 5.74) is 3.37. The van der Waals surface area contributed by atoms with Crippen molar-refractivity contribution in [2.75, 3.05) is 0 Å². The van der Waals surface area contributed by atoms with Crippen LogP contribution < -0.4 is 0 Å². The van der Waals surface area contributed by atoms with E-state index in [0.29, 0.717) is 12.0 Å². The average molecular weight is 262 g/mol. The van der Waals surface area contributed by atoms with Crippen molar-refractivity contribution in [3.8, 4) is 0 Å². The Labute approximate surface area is 112 Å². The van der Waals surface area contributed by atoms with E-state index in [-0.39, 0.29) is 5.82 Å². The van der Waals surface area contributed by atoms with Gasteiger partial charge in [-0.3, -0.25) is 4.68 Å². The second-order valence-corrected chi connectivity index (χ2v) is 4.89. The number of aliphatic hydroxyl groups is 1. The van der Waals surface area contributed by atoms with Gasteiger partial charge in [-0.25, -0.2) is 4.39 Å². The molecular formula is C15H19FN2O. The zero-order valence-electron chi connectivity index (χ0n) is 11.5. The third kappa shape index (κ3) is 3.20. The molecule has 19 heavy (non-hydrogen) atoms. The maximum atomic E-state index is 13.3. The van der Waals surface area contributed by atoms with Crippen LogP contribution in [0.4, 0.5) is 4.39 Å². The Bertz CT molecular complexity index is 557. The van der Waals surface area contributed by atoms with E-state index < -0.39 is 6.10 Å². The van der Waals surface area contributed by atoms with Crippen molar-refractivity contribution in [1.82, 2.24) is 9.78 Å². The predicted molar refractivity (Wildman–Crippen MR) is 72.4 cm³/mol. The van der Waals surface area contributed by atoms with Crippen LogP contribution in [0.1, 0.15) is 35.5 Å². The lowest BCUT2D eigenvalue weighted by molar-refractivity contribution is 0.175. The number of benzene rings is 1. The number of nitrogens with zero attached hydrogens (tertiary/aromatic N) is 2. The maximum absolute atomic E-state index is 13.3. The fourth-order valence-electron chi connectivity index (χ4n) is 2.21. The first-order chi connectivity index (χ1) is 8.99. The van der Waals surface area contributed by atoms with Crippen LogP contribution in [-0.2, 0) is 19.9 Å². The minimum absolute atomic E-state index is 0.312. The van der Waals surface area contributed by atoms with Crippen LogP contribution in [0.2, 0.25) is 0 Å². The number of hydrogen-bond acceptors (Lipinski definition) is 2. The number of aromatic nitrogens is 2. The van der Waals surface area contributed by atoms with Gasteiger partial charge in [0.25, 0.3) is 0 Å². The topological polar surface area (TPSA) is 38.0 Å². The van der Waals surface area contributed by atoms with E-state index in [1.54, 1.807) is 4.68 Å². The summed E-state index contributed by atoms with van der Waals surface area (Å²) in [6.07, 6.45) is 0.588. The molecule has 102 valence electrons. The van der Waals surface area contributed by atoms with Gasteiger partial charge >= 0.3 is 0 Å². The van der Waals surface area contributed by atoms with E-state index >= 15 is 0 Å². The quantitative estimate of drug-likeness (QED) is 0.920. The van der Waals surface area contributed by atoms with E-state index in [0.717, 1.165) is 23.4 Å². The molecule has 3 nitrogen and oxygen atoms in total. The highest BCUT2D eigenvalue weighted by Crippen LogP contribution is 2.21. The summed E-state index contributed by atoms with van der Waals surface area (Å²) in [6.45, 7) is 3.86. The molecule has 4 heteroatoms. The smallest absolute Gasteiger partial charge is 0.123 e. The predicted octanol–water partition coefficient (Wildman–Crippen LogP) is 2.71. The van der Waals surface area contributed by atoms with Gasteiger partial charge < -0.3 is 5.11 Å². The molecule has 1 aromatic heterocycles. The molecule has 0 aliphatic carbocycles. The summed E-state index contributed by atoms with van der Waals surface area (Å²) in [5.74, 6) is -0.312. The molecule has 0 radical (unpaired) electrons. The first kappa shape index (κ1) is 13.7. The standard InChI is InChI=1S/C15H19FN2O/c1-4-13-8-14(18(3)17-13)9-15(19)11-5-10(2)6-12(16)7-11/h5-8,15,19H,4,9H2,1-3H3. The molecule has 2 rings (SSSR count). The molecule has 1 aromatic carbocycles. The van der Waals surface area contributed by atoms with Crippen molar-refractivity contribution in [1.29, 1.82) is 0 Å². The third-order valence-corrected chi connectivity index (χ3v) is 3.24. The monoisotopic (exact) mass is 262 g/mol. The van der Waals surface area contributed by atoms with Gasteiger partial charge in [0.2, 0.25) is 0 Å². The largest absolute Gasteiger partial charge is 0.388 e. The van der Waals surface area contributed by atoms with E-state index in [2.05, 4.69) is 5.10 Å². The number of aryl methyl sites for hydroxylation is 3. The lowest BCUT2D eigenvalue weighted by Gasteiger charge is -2.12. The second kappa shape index (κ2) is 5.53. The van der Waals surface area contributed by atoms with Crippen LogP contribution >= 0.6 is 0 Å². The molecule has 0 spiro atoms. The summed E-state index contributed by atoms with van der Waals surface area (Å²) in [7, 11) is 1.86. The second-order valence-electron chi connectivity index (χ2n) is 4.89. The molecule has 2 aromatic rings. The molecule has 1 N–H and O–H groups in total.